The molecule has 0 bridgehead atoms. The first-order valence-electron chi connectivity index (χ1n) is 12.0. The second-order valence-corrected chi connectivity index (χ2v) is 9.29. The van der Waals surface area contributed by atoms with E-state index in [9.17, 15) is 14.7 Å². The quantitative estimate of drug-likeness (QED) is 0.274. The van der Waals surface area contributed by atoms with Crippen molar-refractivity contribution in [1.29, 1.82) is 0 Å². The van der Waals surface area contributed by atoms with Gasteiger partial charge in [-0.05, 0) is 62.1 Å². The van der Waals surface area contributed by atoms with Crippen LogP contribution in [0.3, 0.4) is 0 Å². The van der Waals surface area contributed by atoms with Gasteiger partial charge in [-0.1, -0.05) is 47.1 Å². The van der Waals surface area contributed by atoms with Crippen molar-refractivity contribution in [2.45, 2.75) is 46.7 Å². The number of anilines is 1. The number of pyridine rings is 1. The summed E-state index contributed by atoms with van der Waals surface area (Å²) in [4.78, 5) is 29.1. The molecule has 9 heteroatoms. The summed E-state index contributed by atoms with van der Waals surface area (Å²) in [6.07, 6.45) is 1.90. The largest absolute Gasteiger partial charge is 0.480 e. The van der Waals surface area contributed by atoms with Gasteiger partial charge in [-0.3, -0.25) is 4.79 Å². The number of hydrogen-bond acceptors (Lipinski definition) is 6. The summed E-state index contributed by atoms with van der Waals surface area (Å²) in [7, 11) is 0. The molecule has 2 heterocycles. The highest BCUT2D eigenvalue weighted by Crippen LogP contribution is 2.22. The van der Waals surface area contributed by atoms with E-state index >= 15 is 0 Å². The Labute approximate surface area is 228 Å². The highest BCUT2D eigenvalue weighted by Gasteiger charge is 2.23. The number of carboxylic acids is 1. The van der Waals surface area contributed by atoms with Gasteiger partial charge in [-0.2, -0.15) is 13.5 Å². The number of hydrogen-bond donors (Lipinski definition) is 3. The minimum absolute atomic E-state index is 0. The highest BCUT2D eigenvalue weighted by molar-refractivity contribution is 7.59. The van der Waals surface area contributed by atoms with E-state index in [2.05, 4.69) is 20.8 Å². The molecule has 0 saturated heterocycles. The van der Waals surface area contributed by atoms with Crippen LogP contribution in [-0.2, 0) is 17.8 Å². The lowest BCUT2D eigenvalue weighted by atomic mass is 9.98. The number of carbonyl (C=O) groups is 2. The van der Waals surface area contributed by atoms with Gasteiger partial charge in [0.15, 0.2) is 5.76 Å². The number of carboxylic acid groups (broad SMARTS) is 1. The molecule has 8 nitrogen and oxygen atoms in total. The number of nitrogens with one attached hydrogen (secondary N) is 2. The molecule has 3 N–H and O–H groups in total. The summed E-state index contributed by atoms with van der Waals surface area (Å²) in [5, 5.41) is 19.8. The fourth-order valence-corrected chi connectivity index (χ4v) is 4.35. The molecule has 4 rings (SSSR count). The Kier molecular flexibility index (Phi) is 9.30. The maximum Gasteiger partial charge on any atom is 0.326 e. The number of rotatable bonds is 9. The van der Waals surface area contributed by atoms with Gasteiger partial charge in [0.1, 0.15) is 17.6 Å². The van der Waals surface area contributed by atoms with Crippen molar-refractivity contribution in [2.24, 2.45) is 0 Å². The van der Waals surface area contributed by atoms with E-state index in [1.165, 1.54) is 0 Å². The van der Waals surface area contributed by atoms with Crippen molar-refractivity contribution in [1.82, 2.24) is 15.5 Å². The minimum atomic E-state index is -1.09. The molecule has 4 aromatic rings. The molecule has 1 amide bonds. The first-order chi connectivity index (χ1) is 17.7. The van der Waals surface area contributed by atoms with Gasteiger partial charge in [-0.15, -0.1) is 0 Å². The summed E-state index contributed by atoms with van der Waals surface area (Å²) in [6.45, 7) is 8.15. The van der Waals surface area contributed by atoms with Crippen LogP contribution < -0.4 is 10.6 Å². The van der Waals surface area contributed by atoms with Gasteiger partial charge in [0, 0.05) is 29.8 Å². The number of nitrogens with zero attached hydrogens (tertiary/aromatic N) is 2. The number of carbonyl (C=O) groups excluding carboxylic acids is 1. The van der Waals surface area contributed by atoms with Crippen molar-refractivity contribution in [3.8, 4) is 11.3 Å². The SMILES string of the molecule is Cc1ccnc(NCc2cc(-c3ccc(C[C@H](NC(=O)c4c(C)cc(C)cc4C)C(=O)O)cc3)on2)c1.S. The molecule has 0 fully saturated rings. The first-order valence-corrected chi connectivity index (χ1v) is 12.0. The smallest absolute Gasteiger partial charge is 0.326 e. The predicted octanol–water partition coefficient (Wildman–Crippen LogP) is 5.12. The van der Waals surface area contributed by atoms with Crippen molar-refractivity contribution in [2.75, 3.05) is 5.32 Å². The summed E-state index contributed by atoms with van der Waals surface area (Å²) in [5.74, 6) is -0.103. The molecular weight excluding hydrogens is 500 g/mol. The average molecular weight is 533 g/mol. The molecule has 0 unspecified atom stereocenters. The molecule has 0 radical (unpaired) electrons. The average Bonchev–Trinajstić information content (AvgIpc) is 3.31. The van der Waals surface area contributed by atoms with Gasteiger partial charge in [0.25, 0.3) is 5.91 Å². The topological polar surface area (TPSA) is 117 Å². The Morgan fingerprint density at radius 3 is 2.26 bits per heavy atom. The van der Waals surface area contributed by atoms with E-state index in [0.717, 1.165) is 44.9 Å². The van der Waals surface area contributed by atoms with Gasteiger partial charge < -0.3 is 20.3 Å². The van der Waals surface area contributed by atoms with Crippen LogP contribution in [0.15, 0.2) is 65.3 Å². The number of aryl methyl sites for hydroxylation is 4. The van der Waals surface area contributed by atoms with Crippen LogP contribution in [0.5, 0.6) is 0 Å². The standard InChI is InChI=1S/C29H30N4O4.H2S/c1-17-9-10-30-26(13-17)31-16-23-15-25(37-33-23)22-7-5-21(6-8-22)14-24(29(35)36)32-28(34)27-19(3)11-18(2)12-20(27)4;/h5-13,15,24H,14,16H2,1-4H3,(H,30,31)(H,32,34)(H,35,36);1H2/t24-;/m0./s1. The first kappa shape index (κ1) is 28.5. The van der Waals surface area contributed by atoms with Crippen molar-refractivity contribution in [3.05, 3.63) is 99.9 Å². The maximum atomic E-state index is 12.9. The van der Waals surface area contributed by atoms with Crippen LogP contribution in [0.4, 0.5) is 5.82 Å². The van der Waals surface area contributed by atoms with Crippen LogP contribution in [0.25, 0.3) is 11.3 Å². The summed E-state index contributed by atoms with van der Waals surface area (Å²) >= 11 is 0. The fourth-order valence-electron chi connectivity index (χ4n) is 4.35. The van der Waals surface area contributed by atoms with Crippen molar-refractivity contribution >= 4 is 31.2 Å². The Balaban J connectivity index is 0.00000400. The van der Waals surface area contributed by atoms with Crippen LogP contribution in [0.2, 0.25) is 0 Å². The second-order valence-electron chi connectivity index (χ2n) is 9.29. The number of benzene rings is 2. The summed E-state index contributed by atoms with van der Waals surface area (Å²) in [5.41, 5.74) is 6.65. The molecule has 2 aromatic heterocycles. The van der Waals surface area contributed by atoms with E-state index in [1.54, 1.807) is 6.20 Å². The van der Waals surface area contributed by atoms with Gasteiger partial charge in [-0.25, -0.2) is 9.78 Å². The van der Waals surface area contributed by atoms with E-state index < -0.39 is 12.0 Å². The lowest BCUT2D eigenvalue weighted by Gasteiger charge is -2.17. The maximum absolute atomic E-state index is 12.9. The Bertz CT molecular complexity index is 1410. The van der Waals surface area contributed by atoms with Crippen LogP contribution in [-0.4, -0.2) is 33.2 Å². The van der Waals surface area contributed by atoms with E-state index in [1.807, 2.05) is 82.3 Å². The molecule has 0 aliphatic heterocycles. The number of aliphatic carboxylic acids is 1. The molecule has 38 heavy (non-hydrogen) atoms. The molecule has 0 aliphatic rings. The minimum Gasteiger partial charge on any atom is -0.480 e. The van der Waals surface area contributed by atoms with Gasteiger partial charge in [0.2, 0.25) is 0 Å². The van der Waals surface area contributed by atoms with Crippen LogP contribution in [0, 0.1) is 27.7 Å². The molecule has 2 aromatic carbocycles. The fraction of sp³-hybridized carbons (Fsp3) is 0.241. The predicted molar refractivity (Wildman–Crippen MR) is 152 cm³/mol. The normalized spacial score (nSPS) is 11.4. The van der Waals surface area contributed by atoms with E-state index in [4.69, 9.17) is 4.52 Å². The molecule has 0 saturated carbocycles. The van der Waals surface area contributed by atoms with E-state index in [0.29, 0.717) is 17.9 Å². The Morgan fingerprint density at radius 1 is 0.947 bits per heavy atom. The zero-order valence-corrected chi connectivity index (χ0v) is 22.8. The summed E-state index contributed by atoms with van der Waals surface area (Å²) < 4.78 is 5.49. The lowest BCUT2D eigenvalue weighted by molar-refractivity contribution is -0.139. The zero-order chi connectivity index (χ0) is 26.5. The third-order valence-corrected chi connectivity index (χ3v) is 6.11. The van der Waals surface area contributed by atoms with E-state index in [-0.39, 0.29) is 25.8 Å². The zero-order valence-electron chi connectivity index (χ0n) is 21.8. The highest BCUT2D eigenvalue weighted by atomic mass is 32.1. The third kappa shape index (κ3) is 7.01. The second kappa shape index (κ2) is 12.4. The number of aromatic nitrogens is 2. The molecular formula is C29H32N4O4S. The third-order valence-electron chi connectivity index (χ3n) is 6.11. The Morgan fingerprint density at radius 2 is 1.63 bits per heavy atom. The number of amides is 1. The van der Waals surface area contributed by atoms with Crippen LogP contribution in [0.1, 0.15) is 43.9 Å². The van der Waals surface area contributed by atoms with Gasteiger partial charge >= 0.3 is 5.97 Å². The molecule has 198 valence electrons. The summed E-state index contributed by atoms with van der Waals surface area (Å²) in [6, 6.07) is 15.9. The van der Waals surface area contributed by atoms with Gasteiger partial charge in [0.05, 0.1) is 6.54 Å². The molecule has 0 aliphatic carbocycles. The van der Waals surface area contributed by atoms with Crippen LogP contribution >= 0.6 is 13.5 Å². The lowest BCUT2D eigenvalue weighted by Crippen LogP contribution is -2.42. The molecule has 0 spiro atoms. The van der Waals surface area contributed by atoms with Crippen molar-refractivity contribution < 1.29 is 19.2 Å². The Hall–Kier alpha value is -4.11. The molecule has 1 atom stereocenters. The monoisotopic (exact) mass is 532 g/mol. The van der Waals surface area contributed by atoms with Crippen molar-refractivity contribution in [3.63, 3.8) is 0 Å².